The maximum Gasteiger partial charge on any atom is 0.222 e. The zero-order valence-corrected chi connectivity index (χ0v) is 17.8. The number of benzene rings is 2. The summed E-state index contributed by atoms with van der Waals surface area (Å²) in [6, 6.07) is 12.2. The fourth-order valence-corrected chi connectivity index (χ4v) is 3.76. The average Bonchev–Trinajstić information content (AvgIpc) is 3.07. The summed E-state index contributed by atoms with van der Waals surface area (Å²) in [5.41, 5.74) is 3.24. The average molecular weight is 419 g/mol. The van der Waals surface area contributed by atoms with Gasteiger partial charge in [0.25, 0.3) is 0 Å². The van der Waals surface area contributed by atoms with E-state index in [9.17, 15) is 9.90 Å². The third-order valence-electron chi connectivity index (χ3n) is 5.10. The van der Waals surface area contributed by atoms with Crippen molar-refractivity contribution >= 4 is 11.6 Å². The number of ether oxygens (including phenoxy) is 1. The molecule has 2 aromatic carbocycles. The minimum Gasteiger partial charge on any atom is -0.508 e. The molecule has 1 aliphatic rings. The predicted molar refractivity (Wildman–Crippen MR) is 117 cm³/mol. The minimum absolute atomic E-state index is 0.102. The number of nitrogens with one attached hydrogen (secondary N) is 1. The van der Waals surface area contributed by atoms with E-state index in [0.29, 0.717) is 30.5 Å². The lowest BCUT2D eigenvalue weighted by atomic mass is 9.99. The standard InChI is InChI=1S/C23H25N5O3/c1-4-24-21(30)13-19-23-27-26-14(3)28(23)20-11-10-17(31-5-2)12-18(20)22(25-19)15-6-8-16(29)9-7-15/h6-12,19,29H,4-5,13H2,1-3H3,(H,24,30). The molecular weight excluding hydrogens is 394 g/mol. The molecule has 0 radical (unpaired) electrons. The first kappa shape index (κ1) is 20.6. The fraction of sp³-hybridized carbons (Fsp3) is 0.304. The van der Waals surface area contributed by atoms with Crippen molar-refractivity contribution in [3.8, 4) is 17.2 Å². The molecule has 0 saturated heterocycles. The Morgan fingerprint density at radius 1 is 1.16 bits per heavy atom. The molecule has 2 N–H and O–H groups in total. The van der Waals surface area contributed by atoms with Crippen LogP contribution in [0.4, 0.5) is 0 Å². The summed E-state index contributed by atoms with van der Waals surface area (Å²) in [6.07, 6.45) is 0.153. The van der Waals surface area contributed by atoms with E-state index in [1.54, 1.807) is 12.1 Å². The van der Waals surface area contributed by atoms with Gasteiger partial charge in [0, 0.05) is 17.7 Å². The number of carbonyl (C=O) groups excluding carboxylic acids is 1. The Morgan fingerprint density at radius 3 is 2.65 bits per heavy atom. The number of hydrogen-bond acceptors (Lipinski definition) is 6. The number of aromatic hydroxyl groups is 1. The summed E-state index contributed by atoms with van der Waals surface area (Å²) in [4.78, 5) is 17.4. The lowest BCUT2D eigenvalue weighted by Crippen LogP contribution is -2.25. The number of aryl methyl sites for hydroxylation is 1. The maximum absolute atomic E-state index is 12.4. The molecule has 160 valence electrons. The predicted octanol–water partition coefficient (Wildman–Crippen LogP) is 3.10. The third kappa shape index (κ3) is 4.01. The first-order chi connectivity index (χ1) is 15.0. The number of aliphatic imine (C=N–C) groups is 1. The van der Waals surface area contributed by atoms with E-state index in [2.05, 4.69) is 15.5 Å². The maximum atomic E-state index is 12.4. The van der Waals surface area contributed by atoms with Gasteiger partial charge >= 0.3 is 0 Å². The normalized spacial score (nSPS) is 14.8. The molecule has 8 nitrogen and oxygen atoms in total. The summed E-state index contributed by atoms with van der Waals surface area (Å²) in [5.74, 6) is 2.12. The Morgan fingerprint density at radius 2 is 1.94 bits per heavy atom. The molecule has 4 rings (SSSR count). The monoisotopic (exact) mass is 419 g/mol. The Hall–Kier alpha value is -3.68. The Bertz CT molecular complexity index is 1130. The van der Waals surface area contributed by atoms with Crippen LogP contribution in [-0.4, -0.2) is 44.6 Å². The molecule has 3 aromatic rings. The minimum atomic E-state index is -0.514. The van der Waals surface area contributed by atoms with Gasteiger partial charge in [-0.3, -0.25) is 14.4 Å². The molecule has 0 fully saturated rings. The molecule has 1 atom stereocenters. The van der Waals surface area contributed by atoms with Crippen molar-refractivity contribution in [3.63, 3.8) is 0 Å². The van der Waals surface area contributed by atoms with E-state index in [0.717, 1.165) is 22.6 Å². The van der Waals surface area contributed by atoms with Gasteiger partial charge in [-0.2, -0.15) is 0 Å². The molecule has 1 unspecified atom stereocenters. The highest BCUT2D eigenvalue weighted by atomic mass is 16.5. The molecule has 2 heterocycles. The van der Waals surface area contributed by atoms with Crippen LogP contribution in [0.1, 0.15) is 49.1 Å². The van der Waals surface area contributed by atoms with Gasteiger partial charge in [0.05, 0.1) is 24.4 Å². The van der Waals surface area contributed by atoms with Gasteiger partial charge in [-0.1, -0.05) is 0 Å². The second kappa shape index (κ2) is 8.59. The van der Waals surface area contributed by atoms with E-state index >= 15 is 0 Å². The van der Waals surface area contributed by atoms with Gasteiger partial charge < -0.3 is 15.2 Å². The summed E-state index contributed by atoms with van der Waals surface area (Å²) in [6.45, 7) is 6.79. The number of carbonyl (C=O) groups is 1. The summed E-state index contributed by atoms with van der Waals surface area (Å²) < 4.78 is 7.69. The first-order valence-electron chi connectivity index (χ1n) is 10.3. The Balaban J connectivity index is 1.94. The quantitative estimate of drug-likeness (QED) is 0.639. The fourth-order valence-electron chi connectivity index (χ4n) is 3.76. The van der Waals surface area contributed by atoms with Crippen molar-refractivity contribution in [2.45, 2.75) is 33.2 Å². The highest BCUT2D eigenvalue weighted by Crippen LogP contribution is 2.34. The van der Waals surface area contributed by atoms with Crippen LogP contribution >= 0.6 is 0 Å². The Labute approximate surface area is 180 Å². The number of phenols is 1. The number of hydrogen-bond donors (Lipinski definition) is 2. The van der Waals surface area contributed by atoms with Crippen molar-refractivity contribution in [1.29, 1.82) is 0 Å². The van der Waals surface area contributed by atoms with Crippen LogP contribution in [0.25, 0.3) is 5.69 Å². The second-order valence-corrected chi connectivity index (χ2v) is 7.25. The van der Waals surface area contributed by atoms with Gasteiger partial charge in [-0.05, 0) is 63.2 Å². The molecule has 1 aromatic heterocycles. The van der Waals surface area contributed by atoms with Crippen molar-refractivity contribution in [2.75, 3.05) is 13.2 Å². The molecule has 0 aliphatic carbocycles. The second-order valence-electron chi connectivity index (χ2n) is 7.25. The molecule has 1 amide bonds. The van der Waals surface area contributed by atoms with E-state index in [1.807, 2.05) is 55.7 Å². The topological polar surface area (TPSA) is 102 Å². The summed E-state index contributed by atoms with van der Waals surface area (Å²) >= 11 is 0. The largest absolute Gasteiger partial charge is 0.508 e. The van der Waals surface area contributed by atoms with Gasteiger partial charge in [0.15, 0.2) is 5.82 Å². The van der Waals surface area contributed by atoms with Crippen LogP contribution in [0.15, 0.2) is 47.5 Å². The van der Waals surface area contributed by atoms with E-state index in [1.165, 1.54) is 0 Å². The first-order valence-corrected chi connectivity index (χ1v) is 10.3. The van der Waals surface area contributed by atoms with Crippen molar-refractivity contribution in [2.24, 2.45) is 4.99 Å². The zero-order valence-electron chi connectivity index (χ0n) is 17.8. The SMILES string of the molecule is CCNC(=O)CC1N=C(c2ccc(O)cc2)c2cc(OCC)ccc2-n2c(C)nnc21. The number of phenolic OH excluding ortho intramolecular Hbond substituents is 1. The van der Waals surface area contributed by atoms with Crippen molar-refractivity contribution in [1.82, 2.24) is 20.1 Å². The van der Waals surface area contributed by atoms with Gasteiger partial charge in [0.2, 0.25) is 5.91 Å². The lowest BCUT2D eigenvalue weighted by molar-refractivity contribution is -0.121. The molecule has 1 aliphatic heterocycles. The smallest absolute Gasteiger partial charge is 0.222 e. The molecule has 0 bridgehead atoms. The number of rotatable bonds is 6. The summed E-state index contributed by atoms with van der Waals surface area (Å²) in [7, 11) is 0. The Kier molecular flexibility index (Phi) is 5.70. The van der Waals surface area contributed by atoms with Crippen LogP contribution in [0, 0.1) is 6.92 Å². The molecule has 31 heavy (non-hydrogen) atoms. The zero-order chi connectivity index (χ0) is 22.0. The summed E-state index contributed by atoms with van der Waals surface area (Å²) in [5, 5.41) is 21.2. The van der Waals surface area contributed by atoms with Crippen LogP contribution < -0.4 is 10.1 Å². The molecular formula is C23H25N5O3. The number of fused-ring (bicyclic) bond motifs is 3. The van der Waals surface area contributed by atoms with Gasteiger partial charge in [0.1, 0.15) is 23.4 Å². The van der Waals surface area contributed by atoms with Gasteiger partial charge in [-0.25, -0.2) is 0 Å². The van der Waals surface area contributed by atoms with Crippen LogP contribution in [0.5, 0.6) is 11.5 Å². The highest BCUT2D eigenvalue weighted by molar-refractivity contribution is 6.15. The highest BCUT2D eigenvalue weighted by Gasteiger charge is 2.29. The molecule has 8 heteroatoms. The number of nitrogens with zero attached hydrogens (tertiary/aromatic N) is 4. The number of aromatic nitrogens is 3. The van der Waals surface area contributed by atoms with Gasteiger partial charge in [-0.15, -0.1) is 10.2 Å². The molecule has 0 saturated carbocycles. The molecule has 0 spiro atoms. The van der Waals surface area contributed by atoms with E-state index in [4.69, 9.17) is 9.73 Å². The van der Waals surface area contributed by atoms with Crippen molar-refractivity contribution < 1.29 is 14.6 Å². The van der Waals surface area contributed by atoms with Crippen molar-refractivity contribution in [3.05, 3.63) is 65.2 Å². The van der Waals surface area contributed by atoms with Crippen LogP contribution in [0.2, 0.25) is 0 Å². The van der Waals surface area contributed by atoms with E-state index in [-0.39, 0.29) is 18.1 Å². The van der Waals surface area contributed by atoms with Crippen LogP contribution in [-0.2, 0) is 4.79 Å². The lowest BCUT2D eigenvalue weighted by Gasteiger charge is -2.14. The third-order valence-corrected chi connectivity index (χ3v) is 5.10. The van der Waals surface area contributed by atoms with Crippen LogP contribution in [0.3, 0.4) is 0 Å². The number of amides is 1. The van der Waals surface area contributed by atoms with E-state index < -0.39 is 6.04 Å².